The van der Waals surface area contributed by atoms with Gasteiger partial charge in [-0.1, -0.05) is 77.3 Å². The van der Waals surface area contributed by atoms with Gasteiger partial charge < -0.3 is 26.4 Å². The highest BCUT2D eigenvalue weighted by atomic mass is 35.5. The van der Waals surface area contributed by atoms with Gasteiger partial charge in [0, 0.05) is 12.1 Å². The number of carboxylic acids is 1. The normalized spacial score (nSPS) is 14.5. The summed E-state index contributed by atoms with van der Waals surface area (Å²) in [6, 6.07) is 15.8. The number of nitrogens with one attached hydrogen (secondary N) is 4. The van der Waals surface area contributed by atoms with Crippen LogP contribution in [0.5, 0.6) is 0 Å². The first kappa shape index (κ1) is 28.9. The molecule has 208 valence electrons. The number of rotatable bonds is 9. The summed E-state index contributed by atoms with van der Waals surface area (Å²) in [6.07, 6.45) is 1.58. The van der Waals surface area contributed by atoms with Gasteiger partial charge in [-0.3, -0.25) is 9.59 Å². The molecule has 5 N–H and O–H groups in total. The molecule has 0 bridgehead atoms. The monoisotopic (exact) mass is 582 g/mol. The Kier molecular flexibility index (Phi) is 9.29. The molecule has 2 atom stereocenters. The summed E-state index contributed by atoms with van der Waals surface area (Å²) in [5.41, 5.74) is 4.11. The van der Waals surface area contributed by atoms with Gasteiger partial charge in [-0.05, 0) is 48.6 Å². The first-order valence-electron chi connectivity index (χ1n) is 12.6. The largest absolute Gasteiger partial charge is 0.480 e. The van der Waals surface area contributed by atoms with E-state index in [1.807, 2.05) is 55.5 Å². The number of hydrogen-bond acceptors (Lipinski definition) is 4. The predicted octanol–water partition coefficient (Wildman–Crippen LogP) is 4.40. The van der Waals surface area contributed by atoms with E-state index in [0.29, 0.717) is 0 Å². The van der Waals surface area contributed by atoms with Gasteiger partial charge in [0.1, 0.15) is 6.04 Å². The Morgan fingerprint density at radius 3 is 2.38 bits per heavy atom. The molecule has 2 unspecified atom stereocenters. The lowest BCUT2D eigenvalue weighted by molar-refractivity contribution is -0.139. The zero-order valence-corrected chi connectivity index (χ0v) is 23.1. The van der Waals surface area contributed by atoms with Gasteiger partial charge in [0.05, 0.1) is 28.2 Å². The van der Waals surface area contributed by atoms with Crippen LogP contribution in [0.1, 0.15) is 55.4 Å². The van der Waals surface area contributed by atoms with Crippen molar-refractivity contribution in [3.63, 3.8) is 0 Å². The molecule has 4 rings (SSSR count). The van der Waals surface area contributed by atoms with Crippen molar-refractivity contribution in [2.24, 2.45) is 0 Å². The summed E-state index contributed by atoms with van der Waals surface area (Å²) >= 11 is 12.6. The Balaban J connectivity index is 1.35. The molecule has 0 aromatic heterocycles. The molecule has 0 fully saturated rings. The van der Waals surface area contributed by atoms with Crippen molar-refractivity contribution in [2.45, 2.75) is 38.4 Å². The molecule has 0 radical (unpaired) electrons. The van der Waals surface area contributed by atoms with Gasteiger partial charge in [0.25, 0.3) is 11.8 Å². The smallest absolute Gasteiger partial charge is 0.328 e. The lowest BCUT2D eigenvalue weighted by Crippen LogP contribution is -2.50. The lowest BCUT2D eigenvalue weighted by atomic mass is 10.1. The van der Waals surface area contributed by atoms with Gasteiger partial charge in [0.2, 0.25) is 0 Å². The highest BCUT2D eigenvalue weighted by Crippen LogP contribution is 2.30. The maximum absolute atomic E-state index is 12.9. The van der Waals surface area contributed by atoms with Crippen molar-refractivity contribution in [1.29, 1.82) is 0 Å². The fourth-order valence-electron chi connectivity index (χ4n) is 4.57. The molecule has 1 aliphatic carbocycles. The topological polar surface area (TPSA) is 137 Å². The number of hydrogen-bond donors (Lipinski definition) is 5. The van der Waals surface area contributed by atoms with Crippen LogP contribution in [0.25, 0.3) is 0 Å². The van der Waals surface area contributed by atoms with Crippen molar-refractivity contribution >= 4 is 47.0 Å². The van der Waals surface area contributed by atoms with Crippen molar-refractivity contribution in [2.75, 3.05) is 6.54 Å². The minimum Gasteiger partial charge on any atom is -0.480 e. The van der Waals surface area contributed by atoms with E-state index in [9.17, 15) is 24.3 Å². The molecule has 0 heterocycles. The van der Waals surface area contributed by atoms with E-state index >= 15 is 0 Å². The lowest BCUT2D eigenvalue weighted by Gasteiger charge is -2.19. The fourth-order valence-corrected chi connectivity index (χ4v) is 5.23. The standard InChI is InChI=1S/C29H28Cl2N4O5/c1-16-5-4-6-17(11-16)14-32-26(36)19-12-21(30)25(22(31)13-19)27(37)34-24(28(38)39)15-33-29(40)35-23-10-9-18-7-2-3-8-20(18)23/h2-8,11-13,23-24H,9-10,14-15H2,1H3,(H,32,36)(H,34,37)(H,38,39)(H2,33,35,40). The van der Waals surface area contributed by atoms with Crippen LogP contribution in [0, 0.1) is 6.92 Å². The van der Waals surface area contributed by atoms with Crippen LogP contribution < -0.4 is 21.3 Å². The number of amides is 4. The minimum absolute atomic E-state index is 0.125. The Morgan fingerprint density at radius 1 is 0.950 bits per heavy atom. The second-order valence-electron chi connectivity index (χ2n) is 9.50. The van der Waals surface area contributed by atoms with Crippen LogP contribution in [-0.2, 0) is 17.8 Å². The average molecular weight is 583 g/mol. The fraction of sp³-hybridized carbons (Fsp3) is 0.241. The van der Waals surface area contributed by atoms with Crippen LogP contribution >= 0.6 is 23.2 Å². The highest BCUT2D eigenvalue weighted by molar-refractivity contribution is 6.40. The molecule has 40 heavy (non-hydrogen) atoms. The van der Waals surface area contributed by atoms with Crippen molar-refractivity contribution in [3.05, 3.63) is 104 Å². The first-order valence-corrected chi connectivity index (χ1v) is 13.4. The van der Waals surface area contributed by atoms with Gasteiger partial charge in [-0.2, -0.15) is 0 Å². The predicted molar refractivity (Wildman–Crippen MR) is 152 cm³/mol. The van der Waals surface area contributed by atoms with E-state index in [4.69, 9.17) is 23.2 Å². The maximum Gasteiger partial charge on any atom is 0.328 e. The zero-order chi connectivity index (χ0) is 28.8. The number of benzene rings is 3. The van der Waals surface area contributed by atoms with Crippen molar-refractivity contribution < 1.29 is 24.3 Å². The van der Waals surface area contributed by atoms with Crippen LogP contribution in [0.15, 0.2) is 60.7 Å². The second kappa shape index (κ2) is 12.8. The summed E-state index contributed by atoms with van der Waals surface area (Å²) in [4.78, 5) is 49.8. The molecule has 0 saturated heterocycles. The van der Waals surface area contributed by atoms with Gasteiger partial charge in [0.15, 0.2) is 0 Å². The molecule has 1 aliphatic rings. The number of fused-ring (bicyclic) bond motifs is 1. The van der Waals surface area contributed by atoms with Crippen LogP contribution in [0.2, 0.25) is 10.0 Å². The minimum atomic E-state index is -1.46. The summed E-state index contributed by atoms with van der Waals surface area (Å²) in [5, 5.41) is 19.8. The van der Waals surface area contributed by atoms with E-state index in [-0.39, 0.29) is 40.3 Å². The number of carbonyl (C=O) groups is 4. The Morgan fingerprint density at radius 2 is 1.68 bits per heavy atom. The number of aryl methyl sites for hydroxylation is 2. The third-order valence-electron chi connectivity index (χ3n) is 6.58. The molecule has 3 aromatic rings. The summed E-state index contributed by atoms with van der Waals surface area (Å²) < 4.78 is 0. The third-order valence-corrected chi connectivity index (χ3v) is 7.17. The summed E-state index contributed by atoms with van der Waals surface area (Å²) in [5.74, 6) is -2.67. The molecule has 9 nitrogen and oxygen atoms in total. The highest BCUT2D eigenvalue weighted by Gasteiger charge is 2.27. The Hall–Kier alpha value is -4.08. The van der Waals surface area contributed by atoms with Crippen LogP contribution in [0.3, 0.4) is 0 Å². The molecule has 0 saturated carbocycles. The number of urea groups is 1. The maximum atomic E-state index is 12.9. The van der Waals surface area contributed by atoms with Crippen LogP contribution in [-0.4, -0.2) is 41.5 Å². The van der Waals surface area contributed by atoms with Crippen molar-refractivity contribution in [1.82, 2.24) is 21.3 Å². The molecule has 11 heteroatoms. The summed E-state index contributed by atoms with van der Waals surface area (Å²) in [7, 11) is 0. The molecule has 0 spiro atoms. The molecule has 3 aromatic carbocycles. The van der Waals surface area contributed by atoms with Crippen molar-refractivity contribution in [3.8, 4) is 0 Å². The van der Waals surface area contributed by atoms with E-state index in [1.54, 1.807) is 0 Å². The molecule has 4 amide bonds. The number of aliphatic carboxylic acids is 1. The number of carboxylic acid groups (broad SMARTS) is 1. The second-order valence-corrected chi connectivity index (χ2v) is 10.3. The van der Waals surface area contributed by atoms with Gasteiger partial charge in [-0.25, -0.2) is 9.59 Å². The molecular weight excluding hydrogens is 555 g/mol. The Bertz CT molecular complexity index is 1440. The molecule has 0 aliphatic heterocycles. The van der Waals surface area contributed by atoms with Crippen LogP contribution in [0.4, 0.5) is 4.79 Å². The average Bonchev–Trinajstić information content (AvgIpc) is 3.31. The SMILES string of the molecule is Cc1cccc(CNC(=O)c2cc(Cl)c(C(=O)NC(CNC(=O)NC3CCc4ccccc43)C(=O)O)c(Cl)c2)c1. The van der Waals surface area contributed by atoms with Gasteiger partial charge in [-0.15, -0.1) is 0 Å². The Labute approximate surface area is 241 Å². The van der Waals surface area contributed by atoms with E-state index in [0.717, 1.165) is 35.1 Å². The number of carbonyl (C=O) groups excluding carboxylic acids is 3. The van der Waals surface area contributed by atoms with E-state index in [1.165, 1.54) is 12.1 Å². The van der Waals surface area contributed by atoms with Gasteiger partial charge >= 0.3 is 12.0 Å². The van der Waals surface area contributed by atoms with E-state index in [2.05, 4.69) is 21.3 Å². The van der Waals surface area contributed by atoms with E-state index < -0.39 is 29.9 Å². The number of halogens is 2. The molecular formula is C29H28Cl2N4O5. The quantitative estimate of drug-likeness (QED) is 0.254. The zero-order valence-electron chi connectivity index (χ0n) is 21.6. The summed E-state index contributed by atoms with van der Waals surface area (Å²) in [6.45, 7) is 1.85. The third kappa shape index (κ3) is 7.11. The first-order chi connectivity index (χ1) is 19.1.